The summed E-state index contributed by atoms with van der Waals surface area (Å²) in [4.78, 5) is 11.3. The third-order valence-electron chi connectivity index (χ3n) is 3.54. The summed E-state index contributed by atoms with van der Waals surface area (Å²) in [5.41, 5.74) is 7.25. The van der Waals surface area contributed by atoms with Gasteiger partial charge in [0.15, 0.2) is 0 Å². The number of nitrogens with two attached hydrogens (primary N) is 1. The second kappa shape index (κ2) is 5.46. The average Bonchev–Trinajstić information content (AvgIpc) is 2.32. The van der Waals surface area contributed by atoms with Gasteiger partial charge in [0.1, 0.15) is 5.78 Å². The van der Waals surface area contributed by atoms with Gasteiger partial charge in [0.2, 0.25) is 0 Å². The first-order valence-corrected chi connectivity index (χ1v) is 5.54. The predicted molar refractivity (Wildman–Crippen MR) is 67.9 cm³/mol. The van der Waals surface area contributed by atoms with Crippen LogP contribution in [-0.2, 0) is 10.2 Å². The average molecular weight is 240 g/mol. The van der Waals surface area contributed by atoms with E-state index >= 15 is 0 Å². The molecule has 0 atom stereocenters. The molecule has 16 heavy (non-hydrogen) atoms. The van der Waals surface area contributed by atoms with E-state index in [1.807, 2.05) is 18.2 Å². The first-order valence-electron chi connectivity index (χ1n) is 5.54. The Kier molecular flexibility index (Phi) is 4.51. The van der Waals surface area contributed by atoms with Crippen LogP contribution in [0.25, 0.3) is 0 Å². The summed E-state index contributed by atoms with van der Waals surface area (Å²) in [6.45, 7) is 0.643. The molecule has 1 saturated carbocycles. The largest absolute Gasteiger partial charge is 0.330 e. The number of carbonyl (C=O) groups excluding carboxylic acids is 1. The molecule has 0 heterocycles. The van der Waals surface area contributed by atoms with Gasteiger partial charge in [-0.2, -0.15) is 0 Å². The van der Waals surface area contributed by atoms with Crippen molar-refractivity contribution >= 4 is 18.2 Å². The number of ketones is 1. The highest BCUT2D eigenvalue weighted by atomic mass is 35.5. The Bertz CT molecular complexity index is 340. The highest BCUT2D eigenvalue weighted by molar-refractivity contribution is 5.85. The minimum absolute atomic E-state index is 0. The van der Waals surface area contributed by atoms with Crippen LogP contribution in [0.5, 0.6) is 0 Å². The van der Waals surface area contributed by atoms with Crippen molar-refractivity contribution in [2.45, 2.75) is 31.1 Å². The summed E-state index contributed by atoms with van der Waals surface area (Å²) in [6.07, 6.45) is 3.19. The molecule has 1 fully saturated rings. The monoisotopic (exact) mass is 239 g/mol. The lowest BCUT2D eigenvalue weighted by Crippen LogP contribution is -2.39. The normalized spacial score (nSPS) is 18.9. The summed E-state index contributed by atoms with van der Waals surface area (Å²) in [5, 5.41) is 0. The third kappa shape index (κ3) is 2.45. The van der Waals surface area contributed by atoms with Crippen LogP contribution in [0, 0.1) is 0 Å². The van der Waals surface area contributed by atoms with Crippen molar-refractivity contribution in [2.75, 3.05) is 6.54 Å². The fourth-order valence-corrected chi connectivity index (χ4v) is 2.41. The minimum atomic E-state index is 0. The summed E-state index contributed by atoms with van der Waals surface area (Å²) in [6, 6.07) is 10.4. The van der Waals surface area contributed by atoms with Gasteiger partial charge in [-0.1, -0.05) is 30.3 Å². The molecule has 1 aromatic rings. The Morgan fingerprint density at radius 1 is 1.12 bits per heavy atom. The van der Waals surface area contributed by atoms with Gasteiger partial charge in [-0.05, 0) is 18.4 Å². The molecule has 2 N–H and O–H groups in total. The lowest BCUT2D eigenvalue weighted by atomic mass is 9.69. The van der Waals surface area contributed by atoms with E-state index in [-0.39, 0.29) is 17.8 Å². The predicted octanol–water partition coefficient (Wildman–Crippen LogP) is 2.45. The molecule has 88 valence electrons. The molecular formula is C13H18ClNO. The van der Waals surface area contributed by atoms with E-state index in [0.717, 1.165) is 12.8 Å². The Balaban J connectivity index is 0.00000128. The number of rotatable bonds is 2. The van der Waals surface area contributed by atoms with Crippen LogP contribution in [0.3, 0.4) is 0 Å². The number of benzene rings is 1. The lowest BCUT2D eigenvalue weighted by Gasteiger charge is -2.36. The summed E-state index contributed by atoms with van der Waals surface area (Å²) in [7, 11) is 0. The first kappa shape index (κ1) is 13.2. The molecule has 0 saturated heterocycles. The van der Waals surface area contributed by atoms with Crippen molar-refractivity contribution in [3.8, 4) is 0 Å². The van der Waals surface area contributed by atoms with Crippen LogP contribution in [-0.4, -0.2) is 12.3 Å². The first-order chi connectivity index (χ1) is 7.27. The van der Waals surface area contributed by atoms with Gasteiger partial charge in [0.05, 0.1) is 0 Å². The van der Waals surface area contributed by atoms with E-state index in [9.17, 15) is 4.79 Å². The van der Waals surface area contributed by atoms with Gasteiger partial charge >= 0.3 is 0 Å². The zero-order chi connectivity index (χ0) is 10.7. The molecule has 2 nitrogen and oxygen atoms in total. The molecule has 3 heteroatoms. The molecule has 0 spiro atoms. The number of halogens is 1. The third-order valence-corrected chi connectivity index (χ3v) is 3.54. The minimum Gasteiger partial charge on any atom is -0.330 e. The van der Waals surface area contributed by atoms with Crippen molar-refractivity contribution in [1.82, 2.24) is 0 Å². The number of hydrogen-bond donors (Lipinski definition) is 1. The lowest BCUT2D eigenvalue weighted by molar-refractivity contribution is -0.121. The fourth-order valence-electron chi connectivity index (χ4n) is 2.41. The smallest absolute Gasteiger partial charge is 0.132 e. The fraction of sp³-hybridized carbons (Fsp3) is 0.462. The van der Waals surface area contributed by atoms with E-state index in [1.165, 1.54) is 5.56 Å². The van der Waals surface area contributed by atoms with Crippen molar-refractivity contribution in [2.24, 2.45) is 5.73 Å². The number of hydrogen-bond acceptors (Lipinski definition) is 2. The van der Waals surface area contributed by atoms with E-state index in [1.54, 1.807) is 0 Å². The van der Waals surface area contributed by atoms with Crippen LogP contribution in [0.2, 0.25) is 0 Å². The molecular weight excluding hydrogens is 222 g/mol. The summed E-state index contributed by atoms with van der Waals surface area (Å²) >= 11 is 0. The number of carbonyl (C=O) groups is 1. The Hall–Kier alpha value is -0.860. The van der Waals surface area contributed by atoms with Crippen molar-refractivity contribution in [3.05, 3.63) is 35.9 Å². The van der Waals surface area contributed by atoms with E-state index in [4.69, 9.17) is 5.73 Å². The summed E-state index contributed by atoms with van der Waals surface area (Å²) < 4.78 is 0. The molecule has 1 aromatic carbocycles. The molecule has 0 amide bonds. The van der Waals surface area contributed by atoms with Gasteiger partial charge in [0, 0.05) is 24.8 Å². The van der Waals surface area contributed by atoms with E-state index in [0.29, 0.717) is 25.2 Å². The maximum Gasteiger partial charge on any atom is 0.132 e. The quantitative estimate of drug-likeness (QED) is 0.862. The van der Waals surface area contributed by atoms with E-state index in [2.05, 4.69) is 12.1 Å². The van der Waals surface area contributed by atoms with Crippen molar-refractivity contribution in [3.63, 3.8) is 0 Å². The van der Waals surface area contributed by atoms with Crippen LogP contribution in [0.15, 0.2) is 30.3 Å². The SMILES string of the molecule is Cl.NCC1(c2ccccc2)CCC(=O)CC1. The van der Waals surface area contributed by atoms with Gasteiger partial charge in [-0.15, -0.1) is 12.4 Å². The standard InChI is InChI=1S/C13H17NO.ClH/c14-10-13(8-6-12(15)7-9-13)11-4-2-1-3-5-11;/h1-5H,6-10,14H2;1H. The Labute approximate surface area is 103 Å². The molecule has 1 aliphatic carbocycles. The van der Waals surface area contributed by atoms with Crippen LogP contribution < -0.4 is 5.73 Å². The number of Topliss-reactive ketones (excluding diaryl/α,β-unsaturated/α-hetero) is 1. The highest BCUT2D eigenvalue weighted by Crippen LogP contribution is 2.37. The molecule has 0 bridgehead atoms. The van der Waals surface area contributed by atoms with Gasteiger partial charge in [-0.3, -0.25) is 4.79 Å². The Morgan fingerprint density at radius 3 is 2.19 bits per heavy atom. The molecule has 0 aromatic heterocycles. The molecule has 0 aliphatic heterocycles. The second-order valence-electron chi connectivity index (χ2n) is 4.39. The topological polar surface area (TPSA) is 43.1 Å². The van der Waals surface area contributed by atoms with Crippen LogP contribution in [0.1, 0.15) is 31.2 Å². The van der Waals surface area contributed by atoms with Crippen molar-refractivity contribution in [1.29, 1.82) is 0 Å². The molecule has 0 radical (unpaired) electrons. The second-order valence-corrected chi connectivity index (χ2v) is 4.39. The summed E-state index contributed by atoms with van der Waals surface area (Å²) in [5.74, 6) is 0.384. The molecule has 1 aliphatic rings. The van der Waals surface area contributed by atoms with Crippen LogP contribution >= 0.6 is 12.4 Å². The van der Waals surface area contributed by atoms with Crippen LogP contribution in [0.4, 0.5) is 0 Å². The molecule has 0 unspecified atom stereocenters. The maximum atomic E-state index is 11.3. The van der Waals surface area contributed by atoms with E-state index < -0.39 is 0 Å². The highest BCUT2D eigenvalue weighted by Gasteiger charge is 2.34. The van der Waals surface area contributed by atoms with Gasteiger partial charge in [0.25, 0.3) is 0 Å². The van der Waals surface area contributed by atoms with Gasteiger partial charge in [-0.25, -0.2) is 0 Å². The zero-order valence-electron chi connectivity index (χ0n) is 9.32. The van der Waals surface area contributed by atoms with Gasteiger partial charge < -0.3 is 5.73 Å². The van der Waals surface area contributed by atoms with Crippen molar-refractivity contribution < 1.29 is 4.79 Å². The Morgan fingerprint density at radius 2 is 1.69 bits per heavy atom. The zero-order valence-corrected chi connectivity index (χ0v) is 10.1. The maximum absolute atomic E-state index is 11.3. The molecule has 2 rings (SSSR count).